The van der Waals surface area contributed by atoms with Gasteiger partial charge in [0, 0.05) is 24.2 Å². The summed E-state index contributed by atoms with van der Waals surface area (Å²) in [6.07, 6.45) is 0.594. The van der Waals surface area contributed by atoms with E-state index in [1.807, 2.05) is 6.92 Å². The summed E-state index contributed by atoms with van der Waals surface area (Å²) in [4.78, 5) is 24.9. The van der Waals surface area contributed by atoms with E-state index in [2.05, 4.69) is 0 Å². The second-order valence-corrected chi connectivity index (χ2v) is 5.61. The van der Waals surface area contributed by atoms with Gasteiger partial charge >= 0.3 is 4.87 Å². The lowest BCUT2D eigenvalue weighted by molar-refractivity contribution is -0.131. The third kappa shape index (κ3) is 2.58. The van der Waals surface area contributed by atoms with Gasteiger partial charge in [-0.3, -0.25) is 14.2 Å². The standard InChI is InChI=1S/C11H16N2O3S/c1-8-6-17-10(15)13(8)5-9(14)12-4-3-11(2,16)7-12/h6,16H,3-5,7H2,1-2H3. The fraction of sp³-hybridized carbons (Fsp3) is 0.636. The zero-order chi connectivity index (χ0) is 12.6. The Morgan fingerprint density at radius 3 is 2.82 bits per heavy atom. The predicted molar refractivity (Wildman–Crippen MR) is 65.1 cm³/mol. The number of likely N-dealkylation sites (tertiary alicyclic amines) is 1. The molecule has 6 heteroatoms. The lowest BCUT2D eigenvalue weighted by Gasteiger charge is -2.19. The minimum Gasteiger partial charge on any atom is -0.388 e. The van der Waals surface area contributed by atoms with Gasteiger partial charge in [-0.1, -0.05) is 11.3 Å². The Morgan fingerprint density at radius 2 is 2.35 bits per heavy atom. The van der Waals surface area contributed by atoms with Gasteiger partial charge in [0.1, 0.15) is 6.54 Å². The molecule has 1 aliphatic heterocycles. The van der Waals surface area contributed by atoms with Crippen LogP contribution in [0.4, 0.5) is 0 Å². The summed E-state index contributed by atoms with van der Waals surface area (Å²) in [6.45, 7) is 4.52. The van der Waals surface area contributed by atoms with Crippen molar-refractivity contribution >= 4 is 17.2 Å². The number of amides is 1. The van der Waals surface area contributed by atoms with E-state index in [9.17, 15) is 14.7 Å². The lowest BCUT2D eigenvalue weighted by atomic mass is 10.1. The quantitative estimate of drug-likeness (QED) is 0.822. The van der Waals surface area contributed by atoms with Crippen LogP contribution in [0.1, 0.15) is 19.0 Å². The van der Waals surface area contributed by atoms with Crippen LogP contribution in [0, 0.1) is 6.92 Å². The highest BCUT2D eigenvalue weighted by Gasteiger charge is 2.33. The second-order valence-electron chi connectivity index (χ2n) is 4.79. The molecule has 1 atom stereocenters. The number of carbonyl (C=O) groups excluding carboxylic acids is 1. The van der Waals surface area contributed by atoms with Gasteiger partial charge in [-0.2, -0.15) is 0 Å². The number of β-amino-alcohol motifs (C(OH)–C–C–N with tert-alkyl or cyclic N) is 1. The Labute approximate surface area is 103 Å². The van der Waals surface area contributed by atoms with Crippen LogP contribution in [-0.2, 0) is 11.3 Å². The number of carbonyl (C=O) groups is 1. The van der Waals surface area contributed by atoms with Gasteiger partial charge in [-0.15, -0.1) is 0 Å². The Bertz CT molecular complexity index is 489. The molecule has 5 nitrogen and oxygen atoms in total. The number of thiazole rings is 1. The van der Waals surface area contributed by atoms with Crippen molar-refractivity contribution in [2.45, 2.75) is 32.4 Å². The van der Waals surface area contributed by atoms with E-state index in [1.165, 1.54) is 4.57 Å². The first-order chi connectivity index (χ1) is 7.89. The van der Waals surface area contributed by atoms with E-state index in [-0.39, 0.29) is 17.3 Å². The minimum absolute atomic E-state index is 0.0737. The van der Waals surface area contributed by atoms with Gasteiger partial charge in [0.25, 0.3) is 0 Å². The van der Waals surface area contributed by atoms with E-state index < -0.39 is 5.60 Å². The van der Waals surface area contributed by atoms with Crippen LogP contribution in [0.25, 0.3) is 0 Å². The number of hydrogen-bond acceptors (Lipinski definition) is 4. The van der Waals surface area contributed by atoms with E-state index in [0.29, 0.717) is 19.5 Å². The molecule has 17 heavy (non-hydrogen) atoms. The summed E-state index contributed by atoms with van der Waals surface area (Å²) in [5.74, 6) is -0.105. The Balaban J connectivity index is 2.06. The molecule has 1 aliphatic rings. The molecule has 1 aromatic heterocycles. The van der Waals surface area contributed by atoms with Gasteiger partial charge in [0.15, 0.2) is 0 Å². The molecule has 0 aromatic carbocycles. The van der Waals surface area contributed by atoms with Crippen LogP contribution in [0.2, 0.25) is 0 Å². The zero-order valence-corrected chi connectivity index (χ0v) is 10.8. The molecule has 0 bridgehead atoms. The number of aromatic nitrogens is 1. The van der Waals surface area contributed by atoms with Crippen molar-refractivity contribution in [1.82, 2.24) is 9.47 Å². The first-order valence-corrected chi connectivity index (χ1v) is 6.42. The van der Waals surface area contributed by atoms with Crippen LogP contribution in [-0.4, -0.2) is 39.2 Å². The summed E-state index contributed by atoms with van der Waals surface area (Å²) in [5, 5.41) is 11.5. The fourth-order valence-corrected chi connectivity index (χ4v) is 2.72. The normalized spacial score (nSPS) is 24.3. The summed E-state index contributed by atoms with van der Waals surface area (Å²) in [5.41, 5.74) is 0.0175. The Hall–Kier alpha value is -1.14. The SMILES string of the molecule is Cc1csc(=O)n1CC(=O)N1CCC(C)(O)C1. The van der Waals surface area contributed by atoms with E-state index in [0.717, 1.165) is 17.0 Å². The molecule has 1 aromatic rings. The monoisotopic (exact) mass is 256 g/mol. The molecule has 0 spiro atoms. The average Bonchev–Trinajstić information content (AvgIpc) is 2.75. The molecule has 1 N–H and O–H groups in total. The van der Waals surface area contributed by atoms with E-state index in [1.54, 1.807) is 17.2 Å². The molecule has 1 fully saturated rings. The van der Waals surface area contributed by atoms with Gasteiger partial charge < -0.3 is 10.0 Å². The summed E-state index contributed by atoms with van der Waals surface area (Å²) in [6, 6.07) is 0. The fourth-order valence-electron chi connectivity index (χ4n) is 1.99. The van der Waals surface area contributed by atoms with Crippen molar-refractivity contribution in [1.29, 1.82) is 0 Å². The van der Waals surface area contributed by atoms with Crippen LogP contribution < -0.4 is 4.87 Å². The number of rotatable bonds is 2. The molecule has 0 radical (unpaired) electrons. The lowest BCUT2D eigenvalue weighted by Crippen LogP contribution is -2.37. The van der Waals surface area contributed by atoms with Gasteiger partial charge in [0.2, 0.25) is 5.91 Å². The second kappa shape index (κ2) is 4.27. The molecule has 2 heterocycles. The molecule has 1 amide bonds. The van der Waals surface area contributed by atoms with Crippen molar-refractivity contribution in [3.05, 3.63) is 20.7 Å². The maximum Gasteiger partial charge on any atom is 0.307 e. The zero-order valence-electron chi connectivity index (χ0n) is 9.97. The highest BCUT2D eigenvalue weighted by atomic mass is 32.1. The maximum absolute atomic E-state index is 12.0. The number of nitrogens with zero attached hydrogens (tertiary/aromatic N) is 2. The van der Waals surface area contributed by atoms with Crippen molar-refractivity contribution in [3.63, 3.8) is 0 Å². The van der Waals surface area contributed by atoms with Crippen molar-refractivity contribution in [3.8, 4) is 0 Å². The average molecular weight is 256 g/mol. The molecular weight excluding hydrogens is 240 g/mol. The predicted octanol–water partition coefficient (Wildman–Crippen LogP) is 0.202. The van der Waals surface area contributed by atoms with Crippen molar-refractivity contribution in [2.75, 3.05) is 13.1 Å². The number of aryl methyl sites for hydroxylation is 1. The third-order valence-corrected chi connectivity index (χ3v) is 3.96. The number of aliphatic hydroxyl groups is 1. The van der Waals surface area contributed by atoms with Gasteiger partial charge in [0.05, 0.1) is 5.60 Å². The minimum atomic E-state index is -0.787. The van der Waals surface area contributed by atoms with Crippen molar-refractivity contribution < 1.29 is 9.90 Å². The summed E-state index contributed by atoms with van der Waals surface area (Å²) >= 11 is 1.10. The van der Waals surface area contributed by atoms with Gasteiger partial charge in [-0.25, -0.2) is 0 Å². The molecule has 1 unspecified atom stereocenters. The third-order valence-electron chi connectivity index (χ3n) is 3.07. The highest BCUT2D eigenvalue weighted by molar-refractivity contribution is 7.07. The van der Waals surface area contributed by atoms with E-state index >= 15 is 0 Å². The van der Waals surface area contributed by atoms with Crippen LogP contribution in [0.3, 0.4) is 0 Å². The Kier molecular flexibility index (Phi) is 3.09. The molecule has 1 saturated heterocycles. The first-order valence-electron chi connectivity index (χ1n) is 5.54. The smallest absolute Gasteiger partial charge is 0.307 e. The molecule has 0 aliphatic carbocycles. The van der Waals surface area contributed by atoms with Crippen LogP contribution in [0.5, 0.6) is 0 Å². The highest BCUT2D eigenvalue weighted by Crippen LogP contribution is 2.20. The first kappa shape index (κ1) is 12.3. The van der Waals surface area contributed by atoms with Crippen LogP contribution >= 0.6 is 11.3 Å². The van der Waals surface area contributed by atoms with Crippen molar-refractivity contribution in [2.24, 2.45) is 0 Å². The van der Waals surface area contributed by atoms with E-state index in [4.69, 9.17) is 0 Å². The van der Waals surface area contributed by atoms with Gasteiger partial charge in [-0.05, 0) is 20.3 Å². The maximum atomic E-state index is 12.0. The van der Waals surface area contributed by atoms with Crippen LogP contribution in [0.15, 0.2) is 10.2 Å². The summed E-state index contributed by atoms with van der Waals surface area (Å²) < 4.78 is 1.47. The largest absolute Gasteiger partial charge is 0.388 e. The summed E-state index contributed by atoms with van der Waals surface area (Å²) in [7, 11) is 0. The Morgan fingerprint density at radius 1 is 1.65 bits per heavy atom. The number of hydrogen-bond donors (Lipinski definition) is 1. The molecule has 2 rings (SSSR count). The molecular formula is C11H16N2O3S. The topological polar surface area (TPSA) is 62.5 Å². The molecule has 0 saturated carbocycles. The molecule has 94 valence electrons.